The second-order valence-corrected chi connectivity index (χ2v) is 8.08. The summed E-state index contributed by atoms with van der Waals surface area (Å²) < 4.78 is 17.9. The summed E-state index contributed by atoms with van der Waals surface area (Å²) in [6.45, 7) is 0.439. The summed E-state index contributed by atoms with van der Waals surface area (Å²) in [6.07, 6.45) is 1.53. The van der Waals surface area contributed by atoms with Gasteiger partial charge in [-0.15, -0.1) is 0 Å². The van der Waals surface area contributed by atoms with E-state index in [1.807, 2.05) is 0 Å². The first kappa shape index (κ1) is 25.1. The number of methoxy groups -OCH3 is 1. The Morgan fingerprint density at radius 3 is 2.62 bits per heavy atom. The van der Waals surface area contributed by atoms with Gasteiger partial charge in [0.1, 0.15) is 24.7 Å². The summed E-state index contributed by atoms with van der Waals surface area (Å²) in [4.78, 5) is 26.2. The molecule has 9 nitrogen and oxygen atoms in total. The highest BCUT2D eigenvalue weighted by atomic mass is 35.5. The number of esters is 1. The lowest BCUT2D eigenvalue weighted by Gasteiger charge is -2.15. The lowest BCUT2D eigenvalue weighted by Crippen LogP contribution is -2.25. The normalized spacial score (nSPS) is 10.8. The number of aromatic nitrogens is 2. The van der Waals surface area contributed by atoms with Crippen LogP contribution in [0.2, 0.25) is 5.02 Å². The quantitative estimate of drug-likeness (QED) is 0.346. The number of nitrogens with zero attached hydrogens (tertiary/aromatic N) is 3. The Morgan fingerprint density at radius 1 is 1.15 bits per heavy atom. The van der Waals surface area contributed by atoms with Gasteiger partial charge in [-0.1, -0.05) is 17.7 Å². The van der Waals surface area contributed by atoms with E-state index in [2.05, 4.69) is 10.4 Å². The average molecular weight is 487 g/mol. The van der Waals surface area contributed by atoms with Crippen LogP contribution in [0.3, 0.4) is 0 Å². The van der Waals surface area contributed by atoms with Crippen LogP contribution in [0.25, 0.3) is 11.3 Å². The van der Waals surface area contributed by atoms with E-state index in [1.165, 1.54) is 6.20 Å². The van der Waals surface area contributed by atoms with Crippen LogP contribution in [0.15, 0.2) is 48.7 Å². The molecule has 1 amide bonds. The van der Waals surface area contributed by atoms with Crippen molar-refractivity contribution in [1.29, 1.82) is 0 Å². The molecule has 180 valence electrons. The summed E-state index contributed by atoms with van der Waals surface area (Å²) >= 11 is 6.38. The second-order valence-electron chi connectivity index (χ2n) is 7.67. The average Bonchev–Trinajstić information content (AvgIpc) is 3.14. The van der Waals surface area contributed by atoms with Crippen LogP contribution < -0.4 is 14.8 Å². The number of amides is 1. The molecule has 3 aromatic rings. The molecule has 0 aliphatic rings. The number of likely N-dealkylation sites (N-methyl/N-ethyl adjacent to an activating group) is 1. The van der Waals surface area contributed by atoms with E-state index < -0.39 is 0 Å². The van der Waals surface area contributed by atoms with Gasteiger partial charge >= 0.3 is 5.97 Å². The van der Waals surface area contributed by atoms with Crippen molar-refractivity contribution in [1.82, 2.24) is 14.7 Å². The molecule has 3 rings (SSSR count). The van der Waals surface area contributed by atoms with Gasteiger partial charge in [-0.25, -0.2) is 0 Å². The molecule has 1 heterocycles. The molecule has 1 aromatic heterocycles. The number of aryl methyl sites for hydroxylation is 1. The maximum atomic E-state index is 12.8. The molecule has 0 saturated heterocycles. The number of anilines is 1. The first-order chi connectivity index (χ1) is 16.3. The molecule has 0 aliphatic carbocycles. The van der Waals surface area contributed by atoms with Gasteiger partial charge in [-0.3, -0.25) is 19.2 Å². The zero-order chi connectivity index (χ0) is 24.7. The fraction of sp³-hybridized carbons (Fsp3) is 0.292. The highest BCUT2D eigenvalue weighted by Crippen LogP contribution is 2.36. The van der Waals surface area contributed by atoms with Gasteiger partial charge in [-0.05, 0) is 50.5 Å². The Hall–Kier alpha value is -3.56. The topological polar surface area (TPSA) is 94.9 Å². The number of hydrogen-bond acceptors (Lipinski definition) is 7. The Bertz CT molecular complexity index is 1140. The number of rotatable bonds is 10. The number of hydrogen-bond donors (Lipinski definition) is 1. The van der Waals surface area contributed by atoms with Crippen LogP contribution >= 0.6 is 11.6 Å². The Kier molecular flexibility index (Phi) is 8.50. The Morgan fingerprint density at radius 2 is 1.94 bits per heavy atom. The minimum atomic E-state index is -0.334. The summed E-state index contributed by atoms with van der Waals surface area (Å²) in [6, 6.07) is 12.1. The van der Waals surface area contributed by atoms with Crippen molar-refractivity contribution >= 4 is 29.2 Å². The molecule has 0 spiro atoms. The van der Waals surface area contributed by atoms with Gasteiger partial charge in [0.05, 0.1) is 30.6 Å². The second kappa shape index (κ2) is 11.5. The van der Waals surface area contributed by atoms with Crippen molar-refractivity contribution in [3.8, 4) is 22.8 Å². The zero-order valence-electron chi connectivity index (χ0n) is 19.5. The van der Waals surface area contributed by atoms with Crippen molar-refractivity contribution < 1.29 is 23.8 Å². The third kappa shape index (κ3) is 6.49. The molecule has 10 heteroatoms. The van der Waals surface area contributed by atoms with Gasteiger partial charge in [0.25, 0.3) is 5.91 Å². The summed E-state index contributed by atoms with van der Waals surface area (Å²) in [5, 5.41) is 7.51. The molecule has 1 N–H and O–H groups in total. The van der Waals surface area contributed by atoms with Gasteiger partial charge in [0.15, 0.2) is 0 Å². The van der Waals surface area contributed by atoms with Crippen molar-refractivity contribution in [3.05, 3.63) is 59.2 Å². The lowest BCUT2D eigenvalue weighted by atomic mass is 10.1. The third-order valence-electron chi connectivity index (χ3n) is 4.77. The summed E-state index contributed by atoms with van der Waals surface area (Å²) in [5.74, 6) is 0.472. The molecule has 0 atom stereocenters. The molecule has 2 aromatic carbocycles. The fourth-order valence-corrected chi connectivity index (χ4v) is 3.48. The van der Waals surface area contributed by atoms with Crippen LogP contribution in [0.5, 0.6) is 11.5 Å². The van der Waals surface area contributed by atoms with Crippen LogP contribution in [0.4, 0.5) is 5.69 Å². The molecule has 0 fully saturated rings. The van der Waals surface area contributed by atoms with E-state index in [0.717, 1.165) is 0 Å². The van der Waals surface area contributed by atoms with Gasteiger partial charge in [-0.2, -0.15) is 5.10 Å². The predicted octanol–water partition coefficient (Wildman–Crippen LogP) is 3.49. The molecular formula is C24H27ClN4O5. The van der Waals surface area contributed by atoms with Crippen molar-refractivity contribution in [2.75, 3.05) is 46.3 Å². The highest BCUT2D eigenvalue weighted by molar-refractivity contribution is 6.33. The van der Waals surface area contributed by atoms with E-state index >= 15 is 0 Å². The van der Waals surface area contributed by atoms with Crippen LogP contribution in [0, 0.1) is 0 Å². The first-order valence-electron chi connectivity index (χ1n) is 10.5. The minimum absolute atomic E-state index is 0.0968. The van der Waals surface area contributed by atoms with E-state index in [4.69, 9.17) is 25.8 Å². The molecule has 34 heavy (non-hydrogen) atoms. The lowest BCUT2D eigenvalue weighted by molar-refractivity contribution is -0.145. The van der Waals surface area contributed by atoms with E-state index in [-0.39, 0.29) is 31.6 Å². The fourth-order valence-electron chi connectivity index (χ4n) is 3.21. The molecule has 0 unspecified atom stereocenters. The standard InChI is InChI=1S/C24H27ClN4O5/c1-28(2)15-22(30)34-11-10-33-21-9-8-17(13-19(21)23-20(25)14-26-29(23)3)27-24(31)16-6-5-7-18(12-16)32-4/h5-9,12-14H,10-11,15H2,1-4H3,(H,27,31). The first-order valence-corrected chi connectivity index (χ1v) is 10.9. The monoisotopic (exact) mass is 486 g/mol. The largest absolute Gasteiger partial charge is 0.497 e. The molecule has 0 saturated carbocycles. The molecule has 0 bridgehead atoms. The van der Waals surface area contributed by atoms with Crippen LogP contribution in [0.1, 0.15) is 10.4 Å². The number of benzene rings is 2. The Labute approximate surface area is 203 Å². The number of ether oxygens (including phenoxy) is 3. The SMILES string of the molecule is COc1cccc(C(=O)Nc2ccc(OCCOC(=O)CN(C)C)c(-c3c(Cl)cnn3C)c2)c1. The van der Waals surface area contributed by atoms with Crippen molar-refractivity contribution in [2.24, 2.45) is 7.05 Å². The molecular weight excluding hydrogens is 460 g/mol. The Balaban J connectivity index is 1.79. The van der Waals surface area contributed by atoms with Gasteiger partial charge < -0.3 is 19.5 Å². The summed E-state index contributed by atoms with van der Waals surface area (Å²) in [7, 11) is 6.88. The summed E-state index contributed by atoms with van der Waals surface area (Å²) in [5.41, 5.74) is 2.26. The predicted molar refractivity (Wildman–Crippen MR) is 130 cm³/mol. The number of carbonyl (C=O) groups is 2. The zero-order valence-corrected chi connectivity index (χ0v) is 20.3. The van der Waals surface area contributed by atoms with Crippen LogP contribution in [-0.2, 0) is 16.6 Å². The van der Waals surface area contributed by atoms with E-state index in [0.29, 0.717) is 39.0 Å². The third-order valence-corrected chi connectivity index (χ3v) is 5.04. The van der Waals surface area contributed by atoms with Crippen molar-refractivity contribution in [3.63, 3.8) is 0 Å². The minimum Gasteiger partial charge on any atom is -0.497 e. The number of carbonyl (C=O) groups excluding carboxylic acids is 2. The van der Waals surface area contributed by atoms with Gasteiger partial charge in [0, 0.05) is 23.9 Å². The van der Waals surface area contributed by atoms with E-state index in [1.54, 1.807) is 80.3 Å². The smallest absolute Gasteiger partial charge is 0.320 e. The highest BCUT2D eigenvalue weighted by Gasteiger charge is 2.17. The van der Waals surface area contributed by atoms with Gasteiger partial charge in [0.2, 0.25) is 0 Å². The molecule has 0 aliphatic heterocycles. The van der Waals surface area contributed by atoms with Crippen LogP contribution in [-0.4, -0.2) is 67.5 Å². The number of nitrogens with one attached hydrogen (secondary N) is 1. The molecule has 0 radical (unpaired) electrons. The maximum Gasteiger partial charge on any atom is 0.320 e. The maximum absolute atomic E-state index is 12.8. The number of halogens is 1. The van der Waals surface area contributed by atoms with E-state index in [9.17, 15) is 9.59 Å². The van der Waals surface area contributed by atoms with Crippen molar-refractivity contribution in [2.45, 2.75) is 0 Å².